The summed E-state index contributed by atoms with van der Waals surface area (Å²) in [6.07, 6.45) is 16.3. The molecule has 0 spiro atoms. The minimum atomic E-state index is -0.220. The fourth-order valence-corrected chi connectivity index (χ4v) is 5.48. The molecule has 0 amide bonds. The molecule has 5 nitrogen and oxygen atoms in total. The second-order valence-electron chi connectivity index (χ2n) is 11.6. The molecule has 0 aliphatic heterocycles. The van der Waals surface area contributed by atoms with Crippen molar-refractivity contribution in [1.29, 1.82) is 0 Å². The highest BCUT2D eigenvalue weighted by Gasteiger charge is 2.47. The largest absolute Gasteiger partial charge is 0.321 e. The van der Waals surface area contributed by atoms with Gasteiger partial charge in [0.2, 0.25) is 0 Å². The maximum Gasteiger partial charge on any atom is 0.160 e. The summed E-state index contributed by atoms with van der Waals surface area (Å²) in [6.45, 7) is 13.2. The fraction of sp³-hybridized carbons (Fsp3) is 0.469. The Kier molecular flexibility index (Phi) is 8.13. The molecular weight excluding hydrogens is 454 g/mol. The lowest BCUT2D eigenvalue weighted by Gasteiger charge is -2.51. The van der Waals surface area contributed by atoms with E-state index in [0.29, 0.717) is 11.3 Å². The van der Waals surface area contributed by atoms with Crippen LogP contribution in [-0.2, 0) is 12.0 Å². The van der Waals surface area contributed by atoms with Gasteiger partial charge < -0.3 is 5.73 Å². The third-order valence-corrected chi connectivity index (χ3v) is 7.31. The average molecular weight is 498 g/mol. The van der Waals surface area contributed by atoms with Crippen molar-refractivity contribution < 1.29 is 0 Å². The predicted octanol–water partition coefficient (Wildman–Crippen LogP) is 7.81. The molecule has 0 unspecified atom stereocenters. The molecule has 0 saturated heterocycles. The number of hydrogen-bond donors (Lipinski definition) is 1. The Morgan fingerprint density at radius 3 is 2.43 bits per heavy atom. The molecule has 4 rings (SSSR count). The van der Waals surface area contributed by atoms with Gasteiger partial charge >= 0.3 is 0 Å². The van der Waals surface area contributed by atoms with Crippen LogP contribution in [0.15, 0.2) is 65.8 Å². The van der Waals surface area contributed by atoms with E-state index in [2.05, 4.69) is 101 Å². The molecule has 2 aromatic heterocycles. The number of nitrogens with two attached hydrogens (primary N) is 1. The van der Waals surface area contributed by atoms with Gasteiger partial charge in [-0.2, -0.15) is 9.61 Å². The molecule has 2 N–H and O–H groups in total. The van der Waals surface area contributed by atoms with Gasteiger partial charge in [0, 0.05) is 23.4 Å². The number of rotatable bonds is 10. The van der Waals surface area contributed by atoms with Crippen LogP contribution in [0.25, 0.3) is 5.65 Å². The first-order chi connectivity index (χ1) is 17.7. The molecule has 1 aliphatic carbocycles. The van der Waals surface area contributed by atoms with E-state index in [1.165, 1.54) is 5.56 Å². The topological polar surface area (TPSA) is 68.6 Å². The molecule has 1 fully saturated rings. The number of nitrogens with zero attached hydrogens (tertiary/aromatic N) is 4. The quantitative estimate of drug-likeness (QED) is 0.229. The molecule has 37 heavy (non-hydrogen) atoms. The van der Waals surface area contributed by atoms with Crippen molar-refractivity contribution in [2.75, 3.05) is 0 Å². The van der Waals surface area contributed by atoms with Gasteiger partial charge in [0.25, 0.3) is 0 Å². The normalized spacial score (nSPS) is 17.4. The van der Waals surface area contributed by atoms with Crippen LogP contribution in [0.5, 0.6) is 0 Å². The fourth-order valence-electron chi connectivity index (χ4n) is 5.48. The average Bonchev–Trinajstić information content (AvgIpc) is 3.29. The lowest BCUT2D eigenvalue weighted by Crippen LogP contribution is -2.53. The van der Waals surface area contributed by atoms with Crippen LogP contribution in [0.2, 0.25) is 0 Å². The minimum Gasteiger partial charge on any atom is -0.321 e. The third-order valence-electron chi connectivity index (χ3n) is 7.31. The summed E-state index contributed by atoms with van der Waals surface area (Å²) in [5, 5.41) is 4.88. The molecule has 0 radical (unpaired) electrons. The summed E-state index contributed by atoms with van der Waals surface area (Å²) >= 11 is 0. The summed E-state index contributed by atoms with van der Waals surface area (Å²) < 4.78 is 1.92. The summed E-state index contributed by atoms with van der Waals surface area (Å²) in [7, 11) is 0. The maximum absolute atomic E-state index is 6.75. The lowest BCUT2D eigenvalue weighted by atomic mass is 9.57. The van der Waals surface area contributed by atoms with Crippen molar-refractivity contribution in [3.63, 3.8) is 0 Å². The van der Waals surface area contributed by atoms with Crippen molar-refractivity contribution >= 4 is 17.2 Å². The predicted molar refractivity (Wildman–Crippen MR) is 156 cm³/mol. The Morgan fingerprint density at radius 2 is 1.81 bits per heavy atom. The van der Waals surface area contributed by atoms with Gasteiger partial charge in [-0.15, -0.1) is 0 Å². The Balaban J connectivity index is 1.72. The first-order valence-corrected chi connectivity index (χ1v) is 13.8. The highest BCUT2D eigenvalue weighted by atomic mass is 15.3. The summed E-state index contributed by atoms with van der Waals surface area (Å²) in [6, 6.07) is 10.9. The zero-order valence-electron chi connectivity index (χ0n) is 23.5. The molecule has 3 aromatic rings. The van der Waals surface area contributed by atoms with E-state index in [4.69, 9.17) is 15.8 Å². The summed E-state index contributed by atoms with van der Waals surface area (Å²) in [4.78, 5) is 9.94. The van der Waals surface area contributed by atoms with Crippen molar-refractivity contribution in [3.05, 3.63) is 83.2 Å². The third kappa shape index (κ3) is 6.10. The van der Waals surface area contributed by atoms with Crippen molar-refractivity contribution in [2.24, 2.45) is 16.1 Å². The zero-order valence-corrected chi connectivity index (χ0v) is 23.5. The van der Waals surface area contributed by atoms with Crippen LogP contribution in [0.1, 0.15) is 102 Å². The summed E-state index contributed by atoms with van der Waals surface area (Å²) in [5.74, 6) is 1.21. The number of allylic oxidation sites excluding steroid dienone is 4. The molecule has 0 bridgehead atoms. The number of aromatic nitrogens is 3. The van der Waals surface area contributed by atoms with Gasteiger partial charge in [0.15, 0.2) is 11.5 Å². The van der Waals surface area contributed by atoms with E-state index in [9.17, 15) is 0 Å². The Labute approximate surface area is 222 Å². The number of aliphatic imine (C=N–C) groups is 1. The smallest absolute Gasteiger partial charge is 0.160 e. The van der Waals surface area contributed by atoms with Gasteiger partial charge in [0.1, 0.15) is 0 Å². The number of fused-ring (bicyclic) bond motifs is 1. The monoisotopic (exact) mass is 497 g/mol. The SMILES string of the molecule is CCC=CC=CCCC(=Nc1c(CC)cnc2cc(C(C)C)nn12)c1ccc(C2(N)CC(C)(C)C2)cc1. The molecular formula is C32H43N5. The van der Waals surface area contributed by atoms with E-state index >= 15 is 0 Å². The molecule has 0 atom stereocenters. The molecule has 196 valence electrons. The van der Waals surface area contributed by atoms with Crippen LogP contribution >= 0.6 is 0 Å². The molecule has 1 aliphatic rings. The number of hydrogen-bond acceptors (Lipinski definition) is 4. The van der Waals surface area contributed by atoms with Gasteiger partial charge in [-0.05, 0) is 61.0 Å². The highest BCUT2D eigenvalue weighted by Crippen LogP contribution is 2.51. The zero-order chi connectivity index (χ0) is 26.6. The van der Waals surface area contributed by atoms with Crippen molar-refractivity contribution in [3.8, 4) is 0 Å². The Hall–Kier alpha value is -3.05. The van der Waals surface area contributed by atoms with Crippen LogP contribution in [0, 0.1) is 5.41 Å². The molecule has 1 saturated carbocycles. The van der Waals surface area contributed by atoms with Crippen molar-refractivity contribution in [2.45, 2.75) is 91.5 Å². The molecule has 5 heteroatoms. The Morgan fingerprint density at radius 1 is 1.11 bits per heavy atom. The van der Waals surface area contributed by atoms with Crippen LogP contribution in [-0.4, -0.2) is 20.3 Å². The van der Waals surface area contributed by atoms with Gasteiger partial charge in [0.05, 0.1) is 11.4 Å². The number of aryl methyl sites for hydroxylation is 1. The Bertz CT molecular complexity index is 1300. The van der Waals surface area contributed by atoms with E-state index < -0.39 is 0 Å². The summed E-state index contributed by atoms with van der Waals surface area (Å²) in [5.41, 5.74) is 13.2. The van der Waals surface area contributed by atoms with E-state index in [1.54, 1.807) is 0 Å². The maximum atomic E-state index is 6.75. The van der Waals surface area contributed by atoms with Crippen LogP contribution in [0.3, 0.4) is 0 Å². The van der Waals surface area contributed by atoms with Crippen molar-refractivity contribution in [1.82, 2.24) is 14.6 Å². The first kappa shape index (κ1) is 27.0. The lowest BCUT2D eigenvalue weighted by molar-refractivity contribution is 0.0618. The second kappa shape index (κ2) is 11.1. The van der Waals surface area contributed by atoms with E-state index in [1.807, 2.05) is 10.7 Å². The van der Waals surface area contributed by atoms with Gasteiger partial charge in [-0.25, -0.2) is 9.98 Å². The molecule has 1 aromatic carbocycles. The molecule has 2 heterocycles. The second-order valence-corrected chi connectivity index (χ2v) is 11.6. The van der Waals surface area contributed by atoms with Gasteiger partial charge in [-0.1, -0.05) is 90.1 Å². The first-order valence-electron chi connectivity index (χ1n) is 13.8. The standard InChI is InChI=1S/C32H43N5/c1-7-9-10-11-12-13-14-27(25-15-17-26(18-16-25)32(33)21-31(5,6)22-32)35-30-24(8-2)20-34-29-19-28(23(3)4)36-37(29)30/h9-12,15-20,23H,7-8,13-14,21-22,33H2,1-6H3. The van der Waals surface area contributed by atoms with Crippen LogP contribution in [0.4, 0.5) is 5.82 Å². The minimum absolute atomic E-state index is 0.220. The van der Waals surface area contributed by atoms with E-state index in [-0.39, 0.29) is 5.54 Å². The number of benzene rings is 1. The van der Waals surface area contributed by atoms with E-state index in [0.717, 1.165) is 72.5 Å². The van der Waals surface area contributed by atoms with Crippen LogP contribution < -0.4 is 5.73 Å². The highest BCUT2D eigenvalue weighted by molar-refractivity contribution is 6.02. The van der Waals surface area contributed by atoms with Gasteiger partial charge in [-0.3, -0.25) is 0 Å².